The van der Waals surface area contributed by atoms with Gasteiger partial charge in [-0.1, -0.05) is 0 Å². The molecule has 0 spiro atoms. The van der Waals surface area contributed by atoms with Gasteiger partial charge in [-0.15, -0.1) is 0 Å². The lowest BCUT2D eigenvalue weighted by molar-refractivity contribution is 0.0404. The van der Waals surface area contributed by atoms with Crippen LogP contribution in [0.4, 0.5) is 74.6 Å². The summed E-state index contributed by atoms with van der Waals surface area (Å²) in [7, 11) is -3.60. The number of alkyl halides is 2. The minimum absolute atomic E-state index is 0.232. The van der Waals surface area contributed by atoms with Crippen molar-refractivity contribution in [1.82, 2.24) is 0 Å². The molecule has 4 aromatic carbocycles. The summed E-state index contributed by atoms with van der Waals surface area (Å²) >= 11 is 0. The van der Waals surface area contributed by atoms with Gasteiger partial charge in [-0.25, -0.2) is 52.7 Å². The normalized spacial score (nSPS) is 13.2. The van der Waals surface area contributed by atoms with Gasteiger partial charge in [0, 0.05) is 17.2 Å². The second kappa shape index (κ2) is 10.5. The molecule has 0 saturated heterocycles. The Balaban J connectivity index is 1.83. The van der Waals surface area contributed by atoms with Crippen LogP contribution < -0.4 is 14.8 Å². The molecule has 0 radical (unpaired) electrons. The van der Waals surface area contributed by atoms with Crippen molar-refractivity contribution in [3.63, 3.8) is 0 Å². The van der Waals surface area contributed by atoms with Gasteiger partial charge in [-0.2, -0.15) is 22.0 Å². The van der Waals surface area contributed by atoms with Crippen molar-refractivity contribution in [3.8, 4) is 22.6 Å². The van der Waals surface area contributed by atoms with Crippen molar-refractivity contribution >= 4 is 12.6 Å². The number of halogens is 17. The first-order valence-corrected chi connectivity index (χ1v) is 11.3. The Bertz CT molecular complexity index is 1930. The van der Waals surface area contributed by atoms with Gasteiger partial charge in [0.1, 0.15) is 5.82 Å². The second-order valence-corrected chi connectivity index (χ2v) is 8.86. The van der Waals surface area contributed by atoms with Gasteiger partial charge in [0.2, 0.25) is 34.9 Å². The van der Waals surface area contributed by atoms with Crippen molar-refractivity contribution in [2.24, 2.45) is 0 Å². The van der Waals surface area contributed by atoms with Crippen molar-refractivity contribution in [1.29, 1.82) is 0 Å². The van der Waals surface area contributed by atoms with E-state index in [1.54, 1.807) is 0 Å². The van der Waals surface area contributed by atoms with E-state index in [1.165, 1.54) is 0 Å². The Kier molecular flexibility index (Phi) is 7.39. The molecule has 20 heteroatoms. The number of benzene rings is 4. The Morgan fingerprint density at radius 3 is 1.38 bits per heavy atom. The van der Waals surface area contributed by atoms with Gasteiger partial charge in [0.05, 0.1) is 16.6 Å². The van der Waals surface area contributed by atoms with E-state index in [-0.39, 0.29) is 12.1 Å². The number of hydrogen-bond donors (Lipinski definition) is 0. The zero-order chi connectivity index (χ0) is 33.6. The maximum atomic E-state index is 15.5. The fraction of sp³-hybridized carbons (Fsp3) is 0.0400. The van der Waals surface area contributed by atoms with Crippen molar-refractivity contribution in [2.45, 2.75) is 5.92 Å². The van der Waals surface area contributed by atoms with E-state index >= 15 is 13.2 Å². The standard InChI is InChI=1S/C25H2BF17O2/c27-3-1-4(10(29)5(28)2-3)26(45-24-21(40)18(37)17(36)19(38)22(24)41)44-23-9-7(12(31)15(34)20(23)39)6-8(25(9,42)43)13(32)16(35)14(33)11(6)30/h1-2H. The quantitative estimate of drug-likeness (QED) is 0.0939. The highest BCUT2D eigenvalue weighted by molar-refractivity contribution is 6.62. The molecule has 0 bridgehead atoms. The first-order valence-electron chi connectivity index (χ1n) is 11.3. The first-order chi connectivity index (χ1) is 20.8. The summed E-state index contributed by atoms with van der Waals surface area (Å²) in [6, 6.07) is -0.465. The van der Waals surface area contributed by atoms with Crippen LogP contribution in [0.1, 0.15) is 11.1 Å². The number of hydrogen-bond acceptors (Lipinski definition) is 2. The van der Waals surface area contributed by atoms with Gasteiger partial charge in [-0.3, -0.25) is 0 Å². The van der Waals surface area contributed by atoms with Gasteiger partial charge in [0.25, 0.3) is 0 Å². The monoisotopic (exact) mass is 668 g/mol. The highest BCUT2D eigenvalue weighted by Gasteiger charge is 2.56. The molecule has 0 N–H and O–H groups in total. The van der Waals surface area contributed by atoms with Crippen LogP contribution >= 0.6 is 0 Å². The largest absolute Gasteiger partial charge is 0.636 e. The smallest absolute Gasteiger partial charge is 0.519 e. The molecule has 4 aromatic rings. The molecule has 1 aliphatic carbocycles. The predicted octanol–water partition coefficient (Wildman–Crippen LogP) is 7.75. The van der Waals surface area contributed by atoms with E-state index in [9.17, 15) is 61.5 Å². The van der Waals surface area contributed by atoms with Crippen molar-refractivity contribution in [2.75, 3.05) is 0 Å². The maximum Gasteiger partial charge on any atom is 0.636 e. The number of rotatable bonds is 5. The van der Waals surface area contributed by atoms with E-state index in [4.69, 9.17) is 0 Å². The lowest BCUT2D eigenvalue weighted by atomic mass is 9.77. The molecular weight excluding hydrogens is 666 g/mol. The molecule has 1 aliphatic rings. The molecule has 0 heterocycles. The summed E-state index contributed by atoms with van der Waals surface area (Å²) in [6.07, 6.45) is 0. The van der Waals surface area contributed by atoms with E-state index in [0.717, 1.165) is 0 Å². The molecule has 2 nitrogen and oxygen atoms in total. The van der Waals surface area contributed by atoms with Crippen LogP contribution in [-0.2, 0) is 5.92 Å². The maximum absolute atomic E-state index is 15.5. The molecule has 236 valence electrons. The topological polar surface area (TPSA) is 18.5 Å². The Morgan fingerprint density at radius 2 is 0.822 bits per heavy atom. The van der Waals surface area contributed by atoms with Gasteiger partial charge in [-0.05, 0) is 6.07 Å². The first kappa shape index (κ1) is 31.8. The fourth-order valence-corrected chi connectivity index (χ4v) is 4.37. The molecule has 45 heavy (non-hydrogen) atoms. The molecule has 0 fully saturated rings. The Labute approximate surface area is 236 Å². The Morgan fingerprint density at radius 1 is 0.422 bits per heavy atom. The highest BCUT2D eigenvalue weighted by Crippen LogP contribution is 2.58. The minimum atomic E-state index is -5.46. The second-order valence-electron chi connectivity index (χ2n) is 8.86. The van der Waals surface area contributed by atoms with E-state index < -0.39 is 140 Å². The molecule has 5 rings (SSSR count). The molecule has 0 amide bonds. The van der Waals surface area contributed by atoms with Crippen molar-refractivity contribution in [3.05, 3.63) is 111 Å². The molecule has 0 saturated carbocycles. The average molecular weight is 668 g/mol. The lowest BCUT2D eigenvalue weighted by Gasteiger charge is -2.23. The van der Waals surface area contributed by atoms with Crippen LogP contribution in [0.2, 0.25) is 0 Å². The third-order valence-electron chi connectivity index (χ3n) is 6.32. The minimum Gasteiger partial charge on any atom is -0.519 e. The third kappa shape index (κ3) is 4.43. The average Bonchev–Trinajstić information content (AvgIpc) is 3.24. The molecule has 0 unspecified atom stereocenters. The van der Waals surface area contributed by atoms with Gasteiger partial charge in [0.15, 0.2) is 58.0 Å². The van der Waals surface area contributed by atoms with Crippen LogP contribution in [0.5, 0.6) is 11.5 Å². The highest BCUT2D eigenvalue weighted by atomic mass is 19.3. The predicted molar refractivity (Wildman–Crippen MR) is 114 cm³/mol. The zero-order valence-corrected chi connectivity index (χ0v) is 20.5. The summed E-state index contributed by atoms with van der Waals surface area (Å²) in [5.74, 6) is -51.5. The van der Waals surface area contributed by atoms with Crippen LogP contribution in [0, 0.1) is 87.3 Å². The summed E-state index contributed by atoms with van der Waals surface area (Å²) in [5, 5.41) is 0. The summed E-state index contributed by atoms with van der Waals surface area (Å²) < 4.78 is 253. The lowest BCUT2D eigenvalue weighted by Crippen LogP contribution is -2.46. The zero-order valence-electron chi connectivity index (χ0n) is 20.5. The summed E-state index contributed by atoms with van der Waals surface area (Å²) in [5.41, 5.74) is -11.5. The van der Waals surface area contributed by atoms with E-state index in [0.29, 0.717) is 0 Å². The van der Waals surface area contributed by atoms with Crippen LogP contribution in [0.25, 0.3) is 11.1 Å². The Hall–Kier alpha value is -4.65. The van der Waals surface area contributed by atoms with Crippen LogP contribution in [0.3, 0.4) is 0 Å². The van der Waals surface area contributed by atoms with Crippen LogP contribution in [-0.4, -0.2) is 7.12 Å². The number of fused-ring (bicyclic) bond motifs is 3. The fourth-order valence-electron chi connectivity index (χ4n) is 4.37. The summed E-state index contributed by atoms with van der Waals surface area (Å²) in [6.45, 7) is 0. The van der Waals surface area contributed by atoms with Crippen LogP contribution in [0.15, 0.2) is 12.1 Å². The third-order valence-corrected chi connectivity index (χ3v) is 6.32. The SMILES string of the molecule is Fc1cc(F)c(F)c(B(Oc2c(F)c(F)c(F)c(F)c2F)Oc2c(F)c(F)c(F)c3c2C(F)(F)c2c(F)c(F)c(F)c(F)c2-3)c1. The van der Waals surface area contributed by atoms with Gasteiger partial charge >= 0.3 is 13.0 Å². The molecule has 0 aliphatic heterocycles. The molecule has 0 atom stereocenters. The van der Waals surface area contributed by atoms with Gasteiger partial charge < -0.3 is 9.31 Å². The van der Waals surface area contributed by atoms with Crippen molar-refractivity contribution < 1.29 is 83.9 Å². The molecule has 0 aromatic heterocycles. The summed E-state index contributed by atoms with van der Waals surface area (Å²) in [4.78, 5) is 0. The van der Waals surface area contributed by atoms with E-state index in [2.05, 4.69) is 9.31 Å². The van der Waals surface area contributed by atoms with E-state index in [1.807, 2.05) is 0 Å². The molecular formula is C25H2BF17O2.